The molecule has 0 bridgehead atoms. The van der Waals surface area contributed by atoms with Crippen LogP contribution in [0.15, 0.2) is 301 Å². The molecule has 2 aliphatic carbocycles. The van der Waals surface area contributed by atoms with E-state index >= 15 is 0 Å². The zero-order chi connectivity index (χ0) is 61.8. The Morgan fingerprint density at radius 2 is 0.710 bits per heavy atom. The van der Waals surface area contributed by atoms with Gasteiger partial charge >= 0.3 is 0 Å². The molecule has 6 heteroatoms. The van der Waals surface area contributed by atoms with Crippen molar-refractivity contribution in [3.05, 3.63) is 330 Å². The van der Waals surface area contributed by atoms with Crippen LogP contribution in [0.3, 0.4) is 0 Å². The van der Waals surface area contributed by atoms with Crippen LogP contribution in [0.5, 0.6) is 0 Å². The van der Waals surface area contributed by atoms with Gasteiger partial charge in [-0.25, -0.2) is 9.98 Å². The highest BCUT2D eigenvalue weighted by Crippen LogP contribution is 2.52. The predicted molar refractivity (Wildman–Crippen MR) is 387 cm³/mol. The van der Waals surface area contributed by atoms with Crippen molar-refractivity contribution in [2.75, 3.05) is 0 Å². The van der Waals surface area contributed by atoms with E-state index in [0.717, 1.165) is 61.5 Å². The molecular weight excluding hydrogens is 1130 g/mol. The van der Waals surface area contributed by atoms with Gasteiger partial charge < -0.3 is 19.0 Å². The van der Waals surface area contributed by atoms with E-state index in [1.165, 1.54) is 110 Å². The summed E-state index contributed by atoms with van der Waals surface area (Å²) in [5.74, 6) is 1.47. The highest BCUT2D eigenvalue weighted by atomic mass is 15.2. The van der Waals surface area contributed by atoms with Gasteiger partial charge in [0.2, 0.25) is 0 Å². The van der Waals surface area contributed by atoms with E-state index in [4.69, 9.17) is 9.98 Å². The largest absolute Gasteiger partial charge is 0.344 e. The van der Waals surface area contributed by atoms with E-state index in [2.05, 4.69) is 326 Å². The second kappa shape index (κ2) is 19.9. The van der Waals surface area contributed by atoms with Crippen molar-refractivity contribution in [3.8, 4) is 61.6 Å². The van der Waals surface area contributed by atoms with Gasteiger partial charge in [-0.15, -0.1) is 0 Å². The number of hydrogen-bond donors (Lipinski definition) is 1. The van der Waals surface area contributed by atoms with Gasteiger partial charge in [0.1, 0.15) is 12.0 Å². The average molecular weight is 1190 g/mol. The minimum Gasteiger partial charge on any atom is -0.344 e. The smallest absolute Gasteiger partial charge is 0.159 e. The fourth-order valence-corrected chi connectivity index (χ4v) is 16.1. The summed E-state index contributed by atoms with van der Waals surface area (Å²) in [7, 11) is 0. The molecule has 93 heavy (non-hydrogen) atoms. The van der Waals surface area contributed by atoms with Crippen molar-refractivity contribution >= 4 is 77.1 Å². The molecule has 0 saturated carbocycles. The van der Waals surface area contributed by atoms with Gasteiger partial charge in [0.05, 0.1) is 33.1 Å². The van der Waals surface area contributed by atoms with E-state index in [1.807, 2.05) is 12.1 Å². The molecule has 6 nitrogen and oxygen atoms in total. The zero-order valence-corrected chi connectivity index (χ0v) is 52.0. The summed E-state index contributed by atoms with van der Waals surface area (Å²) in [6.07, 6.45) is -0.319. The van der Waals surface area contributed by atoms with Crippen molar-refractivity contribution in [2.45, 2.75) is 44.7 Å². The van der Waals surface area contributed by atoms with E-state index in [1.54, 1.807) is 0 Å². The number of benzene rings is 13. The van der Waals surface area contributed by atoms with Gasteiger partial charge in [0.15, 0.2) is 5.84 Å². The fraction of sp³-hybridized carbons (Fsp3) is 0.0805. The maximum atomic E-state index is 5.32. The molecule has 13 aromatic carbocycles. The number of nitrogens with zero attached hydrogens (tertiary/aromatic N) is 5. The number of aliphatic imine (C=N–C) groups is 2. The van der Waals surface area contributed by atoms with E-state index in [9.17, 15) is 0 Å². The van der Waals surface area contributed by atoms with Gasteiger partial charge in [-0.1, -0.05) is 234 Å². The van der Waals surface area contributed by atoms with Gasteiger partial charge in [-0.05, 0) is 157 Å². The standard InChI is InChI=1S/C87H62N6/c1-86(2)73-30-15-11-26-63(73)65-42-38-61(51-75(65)86)92-77-32-17-13-28-67(77)69-40-34-57(49-81(69)92)55-36-44-79-71(47-55)72-48-56(37-45-80(72)91(79)60-25-19-24-59(46-60)85-89-83(53-20-7-5-8-21-53)88-84(90-85)54-22-9-6-10-23-54)58-35-41-70-68-29-14-18-33-78(68)93(82(70)50-58)62-39-43-66-64-27-12-16-31-74(64)87(3,4)76(66)52-62/h5-52,83H,1-4H3,(H,88,89,90). The number of nitrogens with one attached hydrogen (secondary N) is 1. The maximum Gasteiger partial charge on any atom is 0.159 e. The summed E-state index contributed by atoms with van der Waals surface area (Å²) < 4.78 is 7.40. The van der Waals surface area contributed by atoms with Crippen LogP contribution in [-0.4, -0.2) is 25.4 Å². The lowest BCUT2D eigenvalue weighted by atomic mass is 9.82. The quantitative estimate of drug-likeness (QED) is 0.162. The Bertz CT molecular complexity index is 5630. The second-order valence-corrected chi connectivity index (χ2v) is 26.6. The average Bonchev–Trinajstić information content (AvgIpc) is 1.59. The Kier molecular flexibility index (Phi) is 11.4. The van der Waals surface area contributed by atoms with Crippen molar-refractivity contribution in [3.63, 3.8) is 0 Å². The number of rotatable bonds is 8. The molecule has 1 N–H and O–H groups in total. The maximum absolute atomic E-state index is 5.32. The molecule has 440 valence electrons. The van der Waals surface area contributed by atoms with Crippen LogP contribution >= 0.6 is 0 Å². The Morgan fingerprint density at radius 3 is 1.27 bits per heavy atom. The third-order valence-electron chi connectivity index (χ3n) is 20.7. The molecule has 1 atom stereocenters. The Labute approximate surface area is 539 Å². The van der Waals surface area contributed by atoms with Gasteiger partial charge in [0.25, 0.3) is 0 Å². The molecular formula is C87H62N6. The van der Waals surface area contributed by atoms with Crippen molar-refractivity contribution < 1.29 is 0 Å². The Hall–Kier alpha value is -11.6. The van der Waals surface area contributed by atoms with Gasteiger partial charge in [0, 0.05) is 71.3 Å². The molecule has 1 unspecified atom stereocenters. The van der Waals surface area contributed by atoms with Crippen LogP contribution < -0.4 is 5.32 Å². The normalized spacial score (nSPS) is 15.2. The van der Waals surface area contributed by atoms with E-state index in [-0.39, 0.29) is 17.0 Å². The molecule has 19 rings (SSSR count). The van der Waals surface area contributed by atoms with Crippen LogP contribution in [0.1, 0.15) is 72.8 Å². The van der Waals surface area contributed by atoms with Gasteiger partial charge in [-0.2, -0.15) is 0 Å². The van der Waals surface area contributed by atoms with Crippen molar-refractivity contribution in [1.82, 2.24) is 19.0 Å². The fourth-order valence-electron chi connectivity index (χ4n) is 16.1. The summed E-state index contributed by atoms with van der Waals surface area (Å²) in [5.41, 5.74) is 28.5. The van der Waals surface area contributed by atoms with E-state index in [0.29, 0.717) is 5.84 Å². The lowest BCUT2D eigenvalue weighted by Gasteiger charge is -2.23. The highest BCUT2D eigenvalue weighted by Gasteiger charge is 2.37. The number of amidine groups is 2. The molecule has 0 amide bonds. The molecule has 3 aliphatic rings. The second-order valence-electron chi connectivity index (χ2n) is 26.6. The van der Waals surface area contributed by atoms with E-state index < -0.39 is 0 Å². The minimum absolute atomic E-state index is 0.130. The van der Waals surface area contributed by atoms with Crippen molar-refractivity contribution in [2.24, 2.45) is 9.98 Å². The van der Waals surface area contributed by atoms with Crippen LogP contribution in [0.2, 0.25) is 0 Å². The highest BCUT2D eigenvalue weighted by molar-refractivity contribution is 6.16. The first-order valence-electron chi connectivity index (χ1n) is 32.4. The third-order valence-corrected chi connectivity index (χ3v) is 20.7. The van der Waals surface area contributed by atoms with Crippen molar-refractivity contribution in [1.29, 1.82) is 0 Å². The number of fused-ring (bicyclic) bond motifs is 15. The number of para-hydroxylation sites is 2. The lowest BCUT2D eigenvalue weighted by molar-refractivity contribution is 0.660. The molecule has 0 saturated heterocycles. The monoisotopic (exact) mass is 1190 g/mol. The minimum atomic E-state index is -0.319. The summed E-state index contributed by atoms with van der Waals surface area (Å²) in [4.78, 5) is 10.6. The Morgan fingerprint density at radius 1 is 0.290 bits per heavy atom. The molecule has 4 heterocycles. The molecule has 1 aliphatic heterocycles. The van der Waals surface area contributed by atoms with Crippen LogP contribution in [0.4, 0.5) is 0 Å². The van der Waals surface area contributed by atoms with Crippen LogP contribution in [-0.2, 0) is 10.8 Å². The first kappa shape index (κ1) is 53.3. The summed E-state index contributed by atoms with van der Waals surface area (Å²) >= 11 is 0. The third kappa shape index (κ3) is 8.01. The topological polar surface area (TPSA) is 51.5 Å². The summed E-state index contributed by atoms with van der Waals surface area (Å²) in [6, 6.07) is 108. The van der Waals surface area contributed by atoms with Gasteiger partial charge in [-0.3, -0.25) is 0 Å². The van der Waals surface area contributed by atoms with Crippen LogP contribution in [0.25, 0.3) is 127 Å². The molecule has 3 aromatic heterocycles. The Balaban J connectivity index is 0.790. The first-order chi connectivity index (χ1) is 45.6. The lowest BCUT2D eigenvalue weighted by Crippen LogP contribution is -2.33. The zero-order valence-electron chi connectivity index (χ0n) is 52.0. The predicted octanol–water partition coefficient (Wildman–Crippen LogP) is 21.4. The number of hydrogen-bond acceptors (Lipinski definition) is 3. The first-order valence-corrected chi connectivity index (χ1v) is 32.4. The van der Waals surface area contributed by atoms with Crippen LogP contribution in [0, 0.1) is 0 Å². The molecule has 16 aromatic rings. The SMILES string of the molecule is CC1(C)c2ccccc2-c2ccc(-n3c4ccccc4c4ccc(-c5ccc6c(c5)c5cc(-c7ccc8c9ccccc9n(-c9ccc%10c(c9)C(C)(C)c9ccccc9-%10)c8c7)ccc5n6-c5cccc(C6=NC(c7ccccc7)NC(c7ccccc7)=N6)c5)cc43)cc21. The summed E-state index contributed by atoms with van der Waals surface area (Å²) in [5, 5.41) is 10.9. The molecule has 0 radical (unpaired) electrons. The summed E-state index contributed by atoms with van der Waals surface area (Å²) in [6.45, 7) is 9.47. The molecule has 0 fully saturated rings. The number of aromatic nitrogens is 3. The molecule has 0 spiro atoms.